The van der Waals surface area contributed by atoms with Gasteiger partial charge in [0, 0.05) is 6.04 Å². The minimum atomic E-state index is -0.520. The van der Waals surface area contributed by atoms with Gasteiger partial charge in [0.05, 0.1) is 23.7 Å². The number of methoxy groups -OCH3 is 1. The number of furan rings is 1. The summed E-state index contributed by atoms with van der Waals surface area (Å²) in [4.78, 5) is 22.5. The number of nitrogens with one attached hydrogen (secondary N) is 1. The average molecular weight is 304 g/mol. The van der Waals surface area contributed by atoms with Crippen molar-refractivity contribution in [2.75, 3.05) is 7.11 Å². The number of rotatable bonds is 5. The molecular weight excluding hydrogens is 288 g/mol. The highest BCUT2D eigenvalue weighted by molar-refractivity contribution is 5.92. The van der Waals surface area contributed by atoms with Gasteiger partial charge in [-0.1, -0.05) is 0 Å². The highest BCUT2D eigenvalue weighted by atomic mass is 16.6. The van der Waals surface area contributed by atoms with Crippen LogP contribution < -0.4 is 10.1 Å². The Bertz CT molecular complexity index is 706. The Morgan fingerprint density at radius 3 is 2.64 bits per heavy atom. The molecule has 7 heteroatoms. The zero-order chi connectivity index (χ0) is 16.3. The van der Waals surface area contributed by atoms with E-state index in [-0.39, 0.29) is 34.7 Å². The van der Waals surface area contributed by atoms with E-state index in [0.717, 1.165) is 0 Å². The van der Waals surface area contributed by atoms with Gasteiger partial charge in [0.15, 0.2) is 5.76 Å². The second-order valence-electron chi connectivity index (χ2n) is 4.93. The van der Waals surface area contributed by atoms with Crippen molar-refractivity contribution in [2.24, 2.45) is 0 Å². The maximum atomic E-state index is 11.9. The number of hydrogen-bond donors (Lipinski definition) is 1. The molecular formula is C15H16N2O5. The van der Waals surface area contributed by atoms with Crippen LogP contribution in [0.25, 0.3) is 11.3 Å². The fraction of sp³-hybridized carbons (Fsp3) is 0.267. The summed E-state index contributed by atoms with van der Waals surface area (Å²) < 4.78 is 10.4. The van der Waals surface area contributed by atoms with Gasteiger partial charge < -0.3 is 14.5 Å². The fourth-order valence-electron chi connectivity index (χ4n) is 1.94. The summed E-state index contributed by atoms with van der Waals surface area (Å²) >= 11 is 0. The van der Waals surface area contributed by atoms with Crippen LogP contribution in [0.5, 0.6) is 5.75 Å². The first kappa shape index (κ1) is 15.6. The van der Waals surface area contributed by atoms with Gasteiger partial charge in [-0.3, -0.25) is 14.9 Å². The summed E-state index contributed by atoms with van der Waals surface area (Å²) in [6.07, 6.45) is 0. The van der Waals surface area contributed by atoms with Crippen molar-refractivity contribution >= 4 is 11.6 Å². The second-order valence-corrected chi connectivity index (χ2v) is 4.93. The quantitative estimate of drug-likeness (QED) is 0.676. The molecule has 0 aliphatic carbocycles. The Kier molecular flexibility index (Phi) is 4.45. The zero-order valence-electron chi connectivity index (χ0n) is 12.5. The maximum absolute atomic E-state index is 11.9. The van der Waals surface area contributed by atoms with Crippen molar-refractivity contribution < 1.29 is 18.9 Å². The number of nitro benzene ring substituents is 1. The molecule has 116 valence electrons. The van der Waals surface area contributed by atoms with Crippen molar-refractivity contribution in [3.63, 3.8) is 0 Å². The van der Waals surface area contributed by atoms with Gasteiger partial charge in [-0.25, -0.2) is 0 Å². The Labute approximate surface area is 127 Å². The Balaban J connectivity index is 2.39. The van der Waals surface area contributed by atoms with Gasteiger partial charge in [-0.2, -0.15) is 0 Å². The molecule has 7 nitrogen and oxygen atoms in total. The molecule has 1 N–H and O–H groups in total. The minimum Gasteiger partial charge on any atom is -0.497 e. The van der Waals surface area contributed by atoms with Crippen molar-refractivity contribution in [1.29, 1.82) is 0 Å². The zero-order valence-corrected chi connectivity index (χ0v) is 12.5. The first-order valence-electron chi connectivity index (χ1n) is 6.66. The van der Waals surface area contributed by atoms with Crippen LogP contribution in [0.1, 0.15) is 24.4 Å². The summed E-state index contributed by atoms with van der Waals surface area (Å²) in [5.41, 5.74) is 0.138. The van der Waals surface area contributed by atoms with Crippen molar-refractivity contribution in [1.82, 2.24) is 5.32 Å². The predicted octanol–water partition coefficient (Wildman–Crippen LogP) is 3.00. The van der Waals surface area contributed by atoms with Crippen LogP contribution >= 0.6 is 0 Å². The largest absolute Gasteiger partial charge is 0.497 e. The van der Waals surface area contributed by atoms with Gasteiger partial charge in [-0.05, 0) is 38.1 Å². The van der Waals surface area contributed by atoms with E-state index in [0.29, 0.717) is 5.75 Å². The van der Waals surface area contributed by atoms with E-state index in [1.807, 2.05) is 13.8 Å². The summed E-state index contributed by atoms with van der Waals surface area (Å²) in [6.45, 7) is 3.66. The first-order chi connectivity index (χ1) is 10.4. The van der Waals surface area contributed by atoms with Gasteiger partial charge >= 0.3 is 0 Å². The van der Waals surface area contributed by atoms with E-state index in [2.05, 4.69) is 5.32 Å². The Hall–Kier alpha value is -2.83. The summed E-state index contributed by atoms with van der Waals surface area (Å²) in [7, 11) is 1.43. The van der Waals surface area contributed by atoms with Crippen molar-refractivity contribution in [3.05, 3.63) is 46.2 Å². The number of hydrogen-bond acceptors (Lipinski definition) is 5. The lowest BCUT2D eigenvalue weighted by Crippen LogP contribution is -2.29. The third-order valence-electron chi connectivity index (χ3n) is 2.92. The highest BCUT2D eigenvalue weighted by Crippen LogP contribution is 2.34. The number of carbonyl (C=O) groups excluding carboxylic acids is 1. The van der Waals surface area contributed by atoms with Crippen LogP contribution in [0, 0.1) is 10.1 Å². The van der Waals surface area contributed by atoms with Crippen LogP contribution in [-0.2, 0) is 0 Å². The Morgan fingerprint density at radius 2 is 2.05 bits per heavy atom. The number of carbonyl (C=O) groups is 1. The van der Waals surface area contributed by atoms with Gasteiger partial charge in [0.2, 0.25) is 0 Å². The lowest BCUT2D eigenvalue weighted by molar-refractivity contribution is -0.384. The minimum absolute atomic E-state index is 0.0311. The van der Waals surface area contributed by atoms with Crippen molar-refractivity contribution in [3.8, 4) is 17.1 Å². The van der Waals surface area contributed by atoms with Gasteiger partial charge in [0.1, 0.15) is 11.5 Å². The summed E-state index contributed by atoms with van der Waals surface area (Å²) in [5, 5.41) is 13.9. The molecule has 0 aliphatic rings. The molecule has 0 atom stereocenters. The number of nitro groups is 1. The third-order valence-corrected chi connectivity index (χ3v) is 2.92. The molecule has 0 unspecified atom stereocenters. The SMILES string of the molecule is COc1ccc(-c2ccc(C(=O)NC(C)C)o2)c([N+](=O)[O-])c1. The highest BCUT2D eigenvalue weighted by Gasteiger charge is 2.21. The van der Waals surface area contributed by atoms with E-state index in [1.54, 1.807) is 6.07 Å². The Morgan fingerprint density at radius 1 is 1.32 bits per heavy atom. The molecule has 0 saturated carbocycles. The monoisotopic (exact) mass is 304 g/mol. The van der Waals surface area contributed by atoms with Gasteiger partial charge in [0.25, 0.3) is 11.6 Å². The predicted molar refractivity (Wildman–Crippen MR) is 80.0 cm³/mol. The molecule has 0 aliphatic heterocycles. The topological polar surface area (TPSA) is 94.6 Å². The smallest absolute Gasteiger partial charge is 0.287 e. The van der Waals surface area contributed by atoms with Crippen LogP contribution in [0.15, 0.2) is 34.7 Å². The van der Waals surface area contributed by atoms with Crippen LogP contribution in [0.2, 0.25) is 0 Å². The fourth-order valence-corrected chi connectivity index (χ4v) is 1.94. The molecule has 22 heavy (non-hydrogen) atoms. The standard InChI is InChI=1S/C15H16N2O5/c1-9(2)16-15(18)14-7-6-13(22-14)11-5-4-10(21-3)8-12(11)17(19)20/h4-9H,1-3H3,(H,16,18). The number of ether oxygens (including phenoxy) is 1. The van der Waals surface area contributed by atoms with E-state index in [1.165, 1.54) is 31.4 Å². The molecule has 1 aromatic carbocycles. The summed E-state index contributed by atoms with van der Waals surface area (Å²) in [6, 6.07) is 7.42. The van der Waals surface area contributed by atoms with E-state index in [9.17, 15) is 14.9 Å². The van der Waals surface area contributed by atoms with Crippen molar-refractivity contribution in [2.45, 2.75) is 19.9 Å². The van der Waals surface area contributed by atoms with Crippen LogP contribution in [0.4, 0.5) is 5.69 Å². The molecule has 2 aromatic rings. The summed E-state index contributed by atoms with van der Waals surface area (Å²) in [5.74, 6) is 0.370. The van der Waals surface area contributed by atoms with Gasteiger partial charge in [-0.15, -0.1) is 0 Å². The van der Waals surface area contributed by atoms with E-state index < -0.39 is 4.92 Å². The number of nitrogens with zero attached hydrogens (tertiary/aromatic N) is 1. The molecule has 0 fully saturated rings. The molecule has 2 rings (SSSR count). The average Bonchev–Trinajstić information content (AvgIpc) is 2.95. The molecule has 0 spiro atoms. The molecule has 0 saturated heterocycles. The van der Waals surface area contributed by atoms with E-state index in [4.69, 9.17) is 9.15 Å². The molecule has 1 aromatic heterocycles. The maximum Gasteiger partial charge on any atom is 0.287 e. The molecule has 1 amide bonds. The van der Waals surface area contributed by atoms with Crippen LogP contribution in [0.3, 0.4) is 0 Å². The lowest BCUT2D eigenvalue weighted by Gasteiger charge is -2.06. The number of amides is 1. The number of benzene rings is 1. The van der Waals surface area contributed by atoms with Crippen LogP contribution in [-0.4, -0.2) is 24.0 Å². The molecule has 0 bridgehead atoms. The molecule has 0 radical (unpaired) electrons. The second kappa shape index (κ2) is 6.30. The normalized spacial score (nSPS) is 10.5. The molecule has 1 heterocycles. The third kappa shape index (κ3) is 3.25. The first-order valence-corrected chi connectivity index (χ1v) is 6.66. The lowest BCUT2D eigenvalue weighted by atomic mass is 10.1. The van der Waals surface area contributed by atoms with E-state index >= 15 is 0 Å².